The van der Waals surface area contributed by atoms with Crippen LogP contribution in [0.3, 0.4) is 0 Å². The Bertz CT molecular complexity index is 351. The Morgan fingerprint density at radius 1 is 1.25 bits per heavy atom. The maximum atomic E-state index is 5.31. The van der Waals surface area contributed by atoms with E-state index in [0.29, 0.717) is 5.25 Å². The summed E-state index contributed by atoms with van der Waals surface area (Å²) in [5, 5.41) is 3.93. The Labute approximate surface area is 101 Å². The van der Waals surface area contributed by atoms with Crippen LogP contribution in [-0.4, -0.2) is 33.1 Å². The third-order valence-corrected chi connectivity index (χ3v) is 3.99. The van der Waals surface area contributed by atoms with Gasteiger partial charge in [-0.1, -0.05) is 6.07 Å². The fourth-order valence-electron chi connectivity index (χ4n) is 1.83. The molecule has 0 amide bonds. The van der Waals surface area contributed by atoms with Crippen molar-refractivity contribution < 1.29 is 9.47 Å². The topological polar surface area (TPSA) is 30.5 Å². The van der Waals surface area contributed by atoms with Crippen LogP contribution in [0.1, 0.15) is 10.8 Å². The summed E-state index contributed by atoms with van der Waals surface area (Å²) >= 11 is 1.99. The highest BCUT2D eigenvalue weighted by molar-refractivity contribution is 7.99. The van der Waals surface area contributed by atoms with Crippen LogP contribution >= 0.6 is 11.8 Å². The molecule has 0 saturated carbocycles. The lowest BCUT2D eigenvalue weighted by molar-refractivity contribution is 0.354. The van der Waals surface area contributed by atoms with Crippen molar-refractivity contribution in [2.75, 3.05) is 33.1 Å². The summed E-state index contributed by atoms with van der Waals surface area (Å²) in [5.74, 6) is 2.77. The van der Waals surface area contributed by atoms with Crippen LogP contribution in [0.25, 0.3) is 0 Å². The van der Waals surface area contributed by atoms with Crippen LogP contribution in [0.5, 0.6) is 11.5 Å². The molecule has 4 heteroatoms. The zero-order valence-electron chi connectivity index (χ0n) is 9.66. The molecule has 0 bridgehead atoms. The summed E-state index contributed by atoms with van der Waals surface area (Å²) in [6.45, 7) is 2.13. The summed E-state index contributed by atoms with van der Waals surface area (Å²) < 4.78 is 10.5. The van der Waals surface area contributed by atoms with Gasteiger partial charge in [0.2, 0.25) is 0 Å². The number of benzene rings is 1. The van der Waals surface area contributed by atoms with E-state index in [1.165, 1.54) is 11.3 Å². The molecule has 0 aliphatic carbocycles. The first kappa shape index (κ1) is 11.6. The van der Waals surface area contributed by atoms with Crippen LogP contribution in [0, 0.1) is 0 Å². The summed E-state index contributed by atoms with van der Waals surface area (Å²) in [5.41, 5.74) is 1.30. The van der Waals surface area contributed by atoms with Crippen LogP contribution in [0.4, 0.5) is 0 Å². The third-order valence-electron chi connectivity index (χ3n) is 2.71. The fraction of sp³-hybridized carbons (Fsp3) is 0.500. The van der Waals surface area contributed by atoms with E-state index in [1.54, 1.807) is 14.2 Å². The zero-order valence-corrected chi connectivity index (χ0v) is 10.5. The quantitative estimate of drug-likeness (QED) is 0.875. The second-order valence-electron chi connectivity index (χ2n) is 3.68. The van der Waals surface area contributed by atoms with Crippen molar-refractivity contribution in [1.29, 1.82) is 0 Å². The normalized spacial score (nSPS) is 20.5. The van der Waals surface area contributed by atoms with E-state index in [1.807, 2.05) is 17.8 Å². The molecular weight excluding hydrogens is 222 g/mol. The van der Waals surface area contributed by atoms with Gasteiger partial charge in [-0.3, -0.25) is 0 Å². The van der Waals surface area contributed by atoms with Gasteiger partial charge in [0.05, 0.1) is 14.2 Å². The molecule has 1 aromatic rings. The van der Waals surface area contributed by atoms with Crippen LogP contribution in [0.2, 0.25) is 0 Å². The lowest BCUT2D eigenvalue weighted by atomic mass is 10.1. The Balaban J connectivity index is 2.20. The molecule has 88 valence electrons. The summed E-state index contributed by atoms with van der Waals surface area (Å²) in [4.78, 5) is 0. The lowest BCUT2D eigenvalue weighted by Gasteiger charge is -2.23. The van der Waals surface area contributed by atoms with E-state index < -0.39 is 0 Å². The highest BCUT2D eigenvalue weighted by atomic mass is 32.2. The predicted octanol–water partition coefficient (Wildman–Crippen LogP) is 2.08. The Morgan fingerprint density at radius 3 is 2.69 bits per heavy atom. The molecule has 16 heavy (non-hydrogen) atoms. The van der Waals surface area contributed by atoms with E-state index in [9.17, 15) is 0 Å². The van der Waals surface area contributed by atoms with Gasteiger partial charge in [-0.05, 0) is 17.7 Å². The van der Waals surface area contributed by atoms with Gasteiger partial charge in [-0.2, -0.15) is 11.8 Å². The van der Waals surface area contributed by atoms with Crippen LogP contribution in [-0.2, 0) is 0 Å². The molecule has 1 unspecified atom stereocenters. The molecular formula is C12H17NO2S. The zero-order chi connectivity index (χ0) is 11.4. The highest BCUT2D eigenvalue weighted by Gasteiger charge is 2.17. The second-order valence-corrected chi connectivity index (χ2v) is 4.99. The maximum absolute atomic E-state index is 5.31. The number of ether oxygens (including phenoxy) is 2. The third kappa shape index (κ3) is 2.44. The largest absolute Gasteiger partial charge is 0.493 e. The number of methoxy groups -OCH3 is 2. The minimum Gasteiger partial charge on any atom is -0.493 e. The minimum atomic E-state index is 0.522. The highest BCUT2D eigenvalue weighted by Crippen LogP contribution is 2.35. The average molecular weight is 239 g/mol. The minimum absolute atomic E-state index is 0.522. The lowest BCUT2D eigenvalue weighted by Crippen LogP contribution is -2.28. The molecule has 1 atom stereocenters. The number of hydrogen-bond donors (Lipinski definition) is 1. The molecule has 0 spiro atoms. The molecule has 0 radical (unpaired) electrons. The van der Waals surface area contributed by atoms with Crippen molar-refractivity contribution in [2.45, 2.75) is 5.25 Å². The maximum Gasteiger partial charge on any atom is 0.161 e. The van der Waals surface area contributed by atoms with Gasteiger partial charge in [0.1, 0.15) is 0 Å². The predicted molar refractivity (Wildman–Crippen MR) is 67.6 cm³/mol. The van der Waals surface area contributed by atoms with Gasteiger partial charge < -0.3 is 14.8 Å². The van der Waals surface area contributed by atoms with Crippen molar-refractivity contribution >= 4 is 11.8 Å². The van der Waals surface area contributed by atoms with Gasteiger partial charge in [0, 0.05) is 24.1 Å². The van der Waals surface area contributed by atoms with E-state index in [-0.39, 0.29) is 0 Å². The van der Waals surface area contributed by atoms with Crippen molar-refractivity contribution in [3.8, 4) is 11.5 Å². The molecule has 1 aliphatic heterocycles. The summed E-state index contributed by atoms with van der Waals surface area (Å²) in [6, 6.07) is 6.17. The molecule has 2 rings (SSSR count). The molecule has 3 nitrogen and oxygen atoms in total. The van der Waals surface area contributed by atoms with E-state index in [0.717, 1.165) is 24.6 Å². The average Bonchev–Trinajstić information content (AvgIpc) is 2.39. The van der Waals surface area contributed by atoms with Crippen molar-refractivity contribution in [2.24, 2.45) is 0 Å². The molecule has 1 aromatic carbocycles. The Morgan fingerprint density at radius 2 is 2.06 bits per heavy atom. The van der Waals surface area contributed by atoms with Gasteiger partial charge in [-0.25, -0.2) is 0 Å². The first-order valence-electron chi connectivity index (χ1n) is 5.39. The van der Waals surface area contributed by atoms with Crippen molar-refractivity contribution in [3.05, 3.63) is 23.8 Å². The van der Waals surface area contributed by atoms with E-state index in [4.69, 9.17) is 9.47 Å². The van der Waals surface area contributed by atoms with Crippen LogP contribution in [0.15, 0.2) is 18.2 Å². The van der Waals surface area contributed by atoms with Gasteiger partial charge in [-0.15, -0.1) is 0 Å². The molecule has 1 N–H and O–H groups in total. The van der Waals surface area contributed by atoms with Gasteiger partial charge in [0.25, 0.3) is 0 Å². The second kappa shape index (κ2) is 5.46. The van der Waals surface area contributed by atoms with Gasteiger partial charge >= 0.3 is 0 Å². The van der Waals surface area contributed by atoms with Crippen LogP contribution < -0.4 is 14.8 Å². The monoisotopic (exact) mass is 239 g/mol. The number of hydrogen-bond acceptors (Lipinski definition) is 4. The molecule has 1 saturated heterocycles. The summed E-state index contributed by atoms with van der Waals surface area (Å²) in [7, 11) is 3.34. The first-order chi connectivity index (χ1) is 7.85. The van der Waals surface area contributed by atoms with Gasteiger partial charge in [0.15, 0.2) is 11.5 Å². The van der Waals surface area contributed by atoms with E-state index in [2.05, 4.69) is 17.4 Å². The van der Waals surface area contributed by atoms with Crippen molar-refractivity contribution in [1.82, 2.24) is 5.32 Å². The molecule has 1 fully saturated rings. The first-order valence-corrected chi connectivity index (χ1v) is 6.44. The molecule has 0 aromatic heterocycles. The Kier molecular flexibility index (Phi) is 3.96. The summed E-state index contributed by atoms with van der Waals surface area (Å²) in [6.07, 6.45) is 0. The van der Waals surface area contributed by atoms with Crippen molar-refractivity contribution in [3.63, 3.8) is 0 Å². The SMILES string of the molecule is COc1ccc(C2CNCCS2)cc1OC. The fourth-order valence-corrected chi connectivity index (χ4v) is 2.95. The van der Waals surface area contributed by atoms with E-state index >= 15 is 0 Å². The molecule has 1 heterocycles. The Hall–Kier alpha value is -0.870. The standard InChI is InChI=1S/C12H17NO2S/c1-14-10-4-3-9(7-11(10)15-2)12-8-13-5-6-16-12/h3-4,7,12-13H,5-6,8H2,1-2H3. The number of rotatable bonds is 3. The number of thioether (sulfide) groups is 1. The smallest absolute Gasteiger partial charge is 0.161 e. The molecule has 1 aliphatic rings. The number of nitrogens with one attached hydrogen (secondary N) is 1.